The van der Waals surface area contributed by atoms with Gasteiger partial charge in [0.25, 0.3) is 29.5 Å². The molecule has 7 aromatic rings. The van der Waals surface area contributed by atoms with Gasteiger partial charge in [0.1, 0.15) is 28.3 Å². The van der Waals surface area contributed by atoms with Crippen LogP contribution in [0.25, 0.3) is 5.00 Å². The molecule has 6 aromatic heterocycles. The number of benzene rings is 1. The quantitative estimate of drug-likeness (QED) is 0.0248. The maximum atomic E-state index is 13.8. The molecule has 1 aromatic carbocycles. The van der Waals surface area contributed by atoms with Crippen LogP contribution in [0.3, 0.4) is 0 Å². The summed E-state index contributed by atoms with van der Waals surface area (Å²) in [6, 6.07) is 8.65. The predicted molar refractivity (Wildman–Crippen MR) is 459 cm³/mol. The second-order valence-corrected chi connectivity index (χ2v) is 32.3. The van der Waals surface area contributed by atoms with E-state index in [9.17, 15) is 43.2 Å². The highest BCUT2D eigenvalue weighted by Crippen LogP contribution is 2.40. The molecule has 9 amide bonds. The number of hydrogen-bond donors (Lipinski definition) is 9. The second kappa shape index (κ2) is 46.2. The Morgan fingerprint density at radius 1 is 0.561 bits per heavy atom. The smallest absolute Gasteiger partial charge is 0.291 e. The Hall–Kier alpha value is -10.7. The fourth-order valence-corrected chi connectivity index (χ4v) is 16.0. The average molecular weight is 1740 g/mol. The van der Waals surface area contributed by atoms with Crippen molar-refractivity contribution in [2.45, 2.75) is 96.3 Å². The molecule has 1 aliphatic carbocycles. The van der Waals surface area contributed by atoms with Crippen molar-refractivity contribution < 1.29 is 71.6 Å². The maximum absolute atomic E-state index is 13.8. The molecule has 0 bridgehead atoms. The molecule has 2 atom stereocenters. The summed E-state index contributed by atoms with van der Waals surface area (Å²) in [5, 5.41) is 35.7. The summed E-state index contributed by atoms with van der Waals surface area (Å²) in [6.07, 6.45) is 13.0. The van der Waals surface area contributed by atoms with Gasteiger partial charge < -0.3 is 104 Å². The SMILES string of the molecule is Cc1sc2c(c1C)C(c1ccc(Cl)cc1)=N[C@@H](CC(=O)NC1CCC(N(C)CCOCCOCCOCCN3CCN(CCOCCOCCOCCNC(=O)CCNC(=O)c4nc(NC(=O)CCNC(=O)C5=CC(NC(=O)c6nc(NC(=O)CCNC(=O)c7cc(NC(=O)c8nccn8C)cn7C)cn6C)CN5C)cn4C)CC3)CC1)c1nnc(C)n1-2. The van der Waals surface area contributed by atoms with E-state index in [1.807, 2.05) is 31.2 Å². The standard InChI is InChI=1S/C82H115ClN24O15S/c1-53-54(2)123-82-71(53)72(56-10-12-57(83)13-11-56)92-62(73-98-97-55(3)107(73)82)48-70(111)89-58-14-16-61(17-15-58)99(4)31-35-118-39-43-122-45-41-120-37-33-106-29-27-105(28-30-106)32-36-119-40-44-121-42-38-117-34-25-84-67(108)18-21-88-79(114)75-95-65(51-103(75)8)93-68(109)19-22-87-78(113)64-47-60(50-102(64)7)91-81(116)76-96-66(52-104(76)9)94-69(110)20-23-86-77(112)63-46-59(49-101(63)6)90-80(115)74-85-24-26-100(74)5/h10-13,24,26,46-47,49,51-52,58,60-62H,14-23,25,27-45,48,50H2,1-9H3,(H,84,108)(H,86,112)(H,87,113)(H,88,114)(H,89,111)(H,90,115)(H,91,116)(H,93,109)(H,94,110)/t58?,60?,61?,62-/m0/s1. The van der Waals surface area contributed by atoms with E-state index in [1.54, 1.807) is 74.5 Å². The van der Waals surface area contributed by atoms with Gasteiger partial charge in [0.2, 0.25) is 35.3 Å². The number of likely N-dealkylation sites (N-methyl/N-ethyl adjacent to an activating group) is 2. The fourth-order valence-electron chi connectivity index (χ4n) is 14.7. The van der Waals surface area contributed by atoms with Gasteiger partial charge in [0, 0.05) is 197 Å². The van der Waals surface area contributed by atoms with Crippen LogP contribution in [-0.4, -0.2) is 317 Å². The number of amides is 9. The van der Waals surface area contributed by atoms with Gasteiger partial charge in [-0.15, -0.1) is 21.5 Å². The van der Waals surface area contributed by atoms with Gasteiger partial charge >= 0.3 is 0 Å². The first-order chi connectivity index (χ1) is 59.3. The topological polar surface area (TPSA) is 432 Å². The van der Waals surface area contributed by atoms with Crippen molar-refractivity contribution in [3.63, 3.8) is 0 Å². The minimum Gasteiger partial charge on any atom is -0.378 e. The van der Waals surface area contributed by atoms with Gasteiger partial charge in [-0.1, -0.05) is 23.7 Å². The number of carbonyl (C=O) groups excluding carboxylic acids is 9. The lowest BCUT2D eigenvalue weighted by atomic mass is 9.90. The zero-order chi connectivity index (χ0) is 87.5. The molecular formula is C82H115ClN24O15S. The number of halogens is 1. The van der Waals surface area contributed by atoms with Gasteiger partial charge in [0.05, 0.1) is 103 Å². The molecule has 39 nitrogen and oxygen atoms in total. The summed E-state index contributed by atoms with van der Waals surface area (Å²) in [7, 11) is 10.3. The third-order valence-corrected chi connectivity index (χ3v) is 23.0. The molecule has 11 rings (SSSR count). The number of nitrogens with zero attached hydrogens (tertiary/aromatic N) is 15. The van der Waals surface area contributed by atoms with Crippen molar-refractivity contribution in [1.82, 2.24) is 99.5 Å². The van der Waals surface area contributed by atoms with Crippen LogP contribution < -0.4 is 47.9 Å². The van der Waals surface area contributed by atoms with Crippen molar-refractivity contribution in [1.29, 1.82) is 0 Å². The Balaban J connectivity index is 0.439. The molecule has 2 fully saturated rings. The Morgan fingerprint density at radius 2 is 1.12 bits per heavy atom. The highest BCUT2D eigenvalue weighted by atomic mass is 35.5. The number of aromatic nitrogens is 10. The van der Waals surface area contributed by atoms with Crippen LogP contribution >= 0.6 is 22.9 Å². The average Bonchev–Trinajstić information content (AvgIpc) is 1.59. The first-order valence-electron chi connectivity index (χ1n) is 41.6. The highest BCUT2D eigenvalue weighted by Gasteiger charge is 2.35. The lowest BCUT2D eigenvalue weighted by molar-refractivity contribution is -0.123. The van der Waals surface area contributed by atoms with Crippen molar-refractivity contribution in [3.05, 3.63) is 134 Å². The largest absolute Gasteiger partial charge is 0.378 e. The number of imidazole rings is 3. The Morgan fingerprint density at radius 3 is 1.72 bits per heavy atom. The number of aryl methyl sites for hydroxylation is 6. The summed E-state index contributed by atoms with van der Waals surface area (Å²) in [6.45, 7) is 19.0. The first kappa shape index (κ1) is 93.0. The highest BCUT2D eigenvalue weighted by molar-refractivity contribution is 7.15. The lowest BCUT2D eigenvalue weighted by Crippen LogP contribution is -2.48. The van der Waals surface area contributed by atoms with E-state index in [4.69, 9.17) is 45.0 Å². The normalized spacial score (nSPS) is 16.6. The predicted octanol–water partition coefficient (Wildman–Crippen LogP) is 2.82. The number of rotatable bonds is 47. The summed E-state index contributed by atoms with van der Waals surface area (Å²) >= 11 is 7.99. The third-order valence-electron chi connectivity index (χ3n) is 21.6. The zero-order valence-corrected chi connectivity index (χ0v) is 73.0. The number of aliphatic imine (C=N–C) groups is 1. The number of carbonyl (C=O) groups is 9. The van der Waals surface area contributed by atoms with Gasteiger partial charge in [-0.3, -0.25) is 62.5 Å². The van der Waals surface area contributed by atoms with Crippen LogP contribution in [0.15, 0.2) is 78.1 Å². The van der Waals surface area contributed by atoms with Crippen LogP contribution in [0.5, 0.6) is 0 Å². The van der Waals surface area contributed by atoms with Gasteiger partial charge in [0.15, 0.2) is 23.3 Å². The number of piperazine rings is 1. The molecular weight excluding hydrogens is 1630 g/mol. The molecule has 666 valence electrons. The van der Waals surface area contributed by atoms with E-state index in [-0.39, 0.29) is 123 Å². The molecule has 1 unspecified atom stereocenters. The Kier molecular flexibility index (Phi) is 34.9. The van der Waals surface area contributed by atoms with Gasteiger partial charge in [-0.05, 0) is 83.3 Å². The van der Waals surface area contributed by atoms with Crippen molar-refractivity contribution in [2.75, 3.05) is 188 Å². The number of hydrogen-bond acceptors (Lipinski definition) is 26. The van der Waals surface area contributed by atoms with Crippen molar-refractivity contribution in [2.24, 2.45) is 33.2 Å². The molecule has 9 N–H and O–H groups in total. The number of fused-ring (bicyclic) bond motifs is 3. The molecule has 1 saturated heterocycles. The fraction of sp³-hybridized carbons (Fsp3) is 0.549. The Labute approximate surface area is 723 Å². The second-order valence-electron chi connectivity index (χ2n) is 30.7. The minimum atomic E-state index is -0.587. The number of nitrogens with one attached hydrogen (secondary N) is 9. The monoisotopic (exact) mass is 1740 g/mol. The number of ether oxygens (including phenoxy) is 6. The van der Waals surface area contributed by atoms with Crippen LogP contribution in [-0.2, 0) is 80.6 Å². The van der Waals surface area contributed by atoms with Crippen LogP contribution in [0.4, 0.5) is 17.3 Å². The van der Waals surface area contributed by atoms with E-state index >= 15 is 0 Å². The molecule has 3 aliphatic heterocycles. The summed E-state index contributed by atoms with van der Waals surface area (Å²) in [5.41, 5.74) is 4.87. The summed E-state index contributed by atoms with van der Waals surface area (Å²) < 4.78 is 42.7. The molecule has 9 heterocycles. The van der Waals surface area contributed by atoms with E-state index in [2.05, 4.69) is 113 Å². The van der Waals surface area contributed by atoms with Crippen molar-refractivity contribution in [3.8, 4) is 5.00 Å². The molecule has 0 radical (unpaired) electrons. The number of anilines is 3. The van der Waals surface area contributed by atoms with Crippen LogP contribution in [0, 0.1) is 20.8 Å². The minimum absolute atomic E-state index is 0.00381. The number of thiophene rings is 1. The van der Waals surface area contributed by atoms with E-state index in [1.165, 1.54) is 43.2 Å². The molecule has 123 heavy (non-hydrogen) atoms. The van der Waals surface area contributed by atoms with Crippen LogP contribution in [0.2, 0.25) is 5.02 Å². The Bertz CT molecular complexity index is 4820. The van der Waals surface area contributed by atoms with Gasteiger partial charge in [-0.25, -0.2) is 15.0 Å². The van der Waals surface area contributed by atoms with E-state index in [0.29, 0.717) is 95.3 Å². The van der Waals surface area contributed by atoms with Crippen molar-refractivity contribution >= 4 is 99.1 Å². The van der Waals surface area contributed by atoms with Gasteiger partial charge in [-0.2, -0.15) is 0 Å². The summed E-state index contributed by atoms with van der Waals surface area (Å²) in [4.78, 5) is 145. The molecule has 0 spiro atoms. The maximum Gasteiger partial charge on any atom is 0.291 e. The molecule has 41 heteroatoms. The lowest BCUT2D eigenvalue weighted by Gasteiger charge is -2.35. The molecule has 4 aliphatic rings. The van der Waals surface area contributed by atoms with Crippen LogP contribution in [0.1, 0.15) is 133 Å². The third kappa shape index (κ3) is 27.2. The first-order valence-corrected chi connectivity index (χ1v) is 42.8. The zero-order valence-electron chi connectivity index (χ0n) is 71.4. The molecule has 1 saturated carbocycles. The van der Waals surface area contributed by atoms with E-state index < -0.39 is 53.4 Å². The summed E-state index contributed by atoms with van der Waals surface area (Å²) in [5.74, 6) is -1.93. The van der Waals surface area contributed by atoms with E-state index in [0.717, 1.165) is 105 Å².